The molecule has 0 fully saturated rings. The zero-order valence-electron chi connectivity index (χ0n) is 13.3. The Morgan fingerprint density at radius 2 is 1.96 bits per heavy atom. The molecule has 3 aromatic rings. The van der Waals surface area contributed by atoms with E-state index in [2.05, 4.69) is 15.6 Å². The largest absolute Gasteiger partial charge is 0.497 e. The Morgan fingerprint density at radius 1 is 1.12 bits per heavy atom. The third kappa shape index (κ3) is 3.41. The minimum atomic E-state index is -0.135. The van der Waals surface area contributed by atoms with Crippen LogP contribution in [0, 0.1) is 0 Å². The van der Waals surface area contributed by atoms with Crippen molar-refractivity contribution in [1.82, 2.24) is 4.98 Å². The monoisotopic (exact) mass is 341 g/mol. The van der Waals surface area contributed by atoms with Gasteiger partial charge in [0.15, 0.2) is 0 Å². The summed E-state index contributed by atoms with van der Waals surface area (Å²) in [7, 11) is 1.62. The molecule has 0 radical (unpaired) electrons. The predicted octanol–water partition coefficient (Wildman–Crippen LogP) is 4.60. The van der Waals surface area contributed by atoms with Gasteiger partial charge in [0.1, 0.15) is 5.75 Å². The molecule has 1 amide bonds. The number of amides is 1. The van der Waals surface area contributed by atoms with E-state index in [0.29, 0.717) is 16.4 Å². The van der Waals surface area contributed by atoms with Crippen molar-refractivity contribution in [1.29, 1.82) is 0 Å². The summed E-state index contributed by atoms with van der Waals surface area (Å²) >= 11 is 6.27. The Labute approximate surface area is 144 Å². The fourth-order valence-corrected chi connectivity index (χ4v) is 2.58. The molecule has 0 saturated carbocycles. The Hall–Kier alpha value is -2.79. The highest BCUT2D eigenvalue weighted by atomic mass is 35.5. The van der Waals surface area contributed by atoms with Gasteiger partial charge in [-0.2, -0.15) is 0 Å². The van der Waals surface area contributed by atoms with Crippen molar-refractivity contribution in [2.75, 3.05) is 17.7 Å². The fraction of sp³-hybridized carbons (Fsp3) is 0.111. The number of nitrogens with one attached hydrogen (secondary N) is 2. The number of fused-ring (bicyclic) bond motifs is 1. The molecule has 0 unspecified atom stereocenters. The molecular weight excluding hydrogens is 326 g/mol. The lowest BCUT2D eigenvalue weighted by Crippen LogP contribution is -2.06. The van der Waals surface area contributed by atoms with Crippen molar-refractivity contribution in [3.63, 3.8) is 0 Å². The van der Waals surface area contributed by atoms with Crippen LogP contribution in [0.15, 0.2) is 48.7 Å². The van der Waals surface area contributed by atoms with Crippen molar-refractivity contribution in [2.45, 2.75) is 6.92 Å². The summed E-state index contributed by atoms with van der Waals surface area (Å²) in [6, 6.07) is 12.8. The normalized spacial score (nSPS) is 10.5. The predicted molar refractivity (Wildman–Crippen MR) is 97.3 cm³/mol. The zero-order chi connectivity index (χ0) is 17.1. The SMILES string of the molecule is COc1ccc2c(Nc3cc(NC(C)=O)ccc3Cl)ccnc2c1. The average molecular weight is 342 g/mol. The first-order valence-corrected chi connectivity index (χ1v) is 7.71. The molecule has 0 saturated heterocycles. The van der Waals surface area contributed by atoms with E-state index in [1.54, 1.807) is 31.5 Å². The quantitative estimate of drug-likeness (QED) is 0.728. The Bertz CT molecular complexity index is 912. The van der Waals surface area contributed by atoms with Crippen LogP contribution in [0.2, 0.25) is 5.02 Å². The smallest absolute Gasteiger partial charge is 0.221 e. The average Bonchev–Trinajstić information content (AvgIpc) is 2.57. The molecule has 0 aliphatic heterocycles. The fourth-order valence-electron chi connectivity index (χ4n) is 2.41. The van der Waals surface area contributed by atoms with Crippen molar-refractivity contribution in [2.24, 2.45) is 0 Å². The highest BCUT2D eigenvalue weighted by Gasteiger charge is 2.08. The minimum absolute atomic E-state index is 0.135. The van der Waals surface area contributed by atoms with E-state index in [4.69, 9.17) is 16.3 Å². The summed E-state index contributed by atoms with van der Waals surface area (Å²) in [6.07, 6.45) is 1.72. The van der Waals surface area contributed by atoms with Crippen LogP contribution in [-0.2, 0) is 4.79 Å². The number of aromatic nitrogens is 1. The number of pyridine rings is 1. The summed E-state index contributed by atoms with van der Waals surface area (Å²) < 4.78 is 5.23. The Morgan fingerprint density at radius 3 is 2.71 bits per heavy atom. The number of benzene rings is 2. The third-order valence-electron chi connectivity index (χ3n) is 3.51. The maximum atomic E-state index is 11.2. The molecular formula is C18H16ClN3O2. The van der Waals surface area contributed by atoms with Crippen molar-refractivity contribution in [3.05, 3.63) is 53.7 Å². The molecule has 0 spiro atoms. The first kappa shape index (κ1) is 16.1. The Balaban J connectivity index is 1.99. The summed E-state index contributed by atoms with van der Waals surface area (Å²) in [4.78, 5) is 15.6. The van der Waals surface area contributed by atoms with Gasteiger partial charge in [-0.25, -0.2) is 0 Å². The number of halogens is 1. The van der Waals surface area contributed by atoms with Crippen LogP contribution in [0.3, 0.4) is 0 Å². The standard InChI is InChI=1S/C18H16ClN3O2/c1-11(23)21-12-3-6-15(19)18(9-12)22-16-7-8-20-17-10-13(24-2)4-5-14(16)17/h3-10H,1-2H3,(H,20,22)(H,21,23). The van der Waals surface area contributed by atoms with E-state index in [9.17, 15) is 4.79 Å². The van der Waals surface area contributed by atoms with E-state index in [1.165, 1.54) is 6.92 Å². The van der Waals surface area contributed by atoms with Gasteiger partial charge in [0, 0.05) is 35.9 Å². The van der Waals surface area contributed by atoms with Gasteiger partial charge in [-0.15, -0.1) is 0 Å². The van der Waals surface area contributed by atoms with Crippen LogP contribution in [0.4, 0.5) is 17.1 Å². The van der Waals surface area contributed by atoms with Gasteiger partial charge in [0.25, 0.3) is 0 Å². The first-order valence-electron chi connectivity index (χ1n) is 7.34. The van der Waals surface area contributed by atoms with E-state index in [0.717, 1.165) is 22.3 Å². The van der Waals surface area contributed by atoms with Gasteiger partial charge in [-0.05, 0) is 36.4 Å². The van der Waals surface area contributed by atoms with Gasteiger partial charge in [0.05, 0.1) is 23.3 Å². The highest BCUT2D eigenvalue weighted by molar-refractivity contribution is 6.33. The van der Waals surface area contributed by atoms with Crippen LogP contribution in [0.25, 0.3) is 10.9 Å². The van der Waals surface area contributed by atoms with Gasteiger partial charge < -0.3 is 15.4 Å². The molecule has 2 N–H and O–H groups in total. The molecule has 1 heterocycles. The van der Waals surface area contributed by atoms with Crippen LogP contribution < -0.4 is 15.4 Å². The van der Waals surface area contributed by atoms with Crippen LogP contribution >= 0.6 is 11.6 Å². The molecule has 0 aliphatic carbocycles. The number of carbonyl (C=O) groups excluding carboxylic acids is 1. The van der Waals surface area contributed by atoms with E-state index in [1.807, 2.05) is 24.3 Å². The molecule has 3 rings (SSSR count). The maximum absolute atomic E-state index is 11.2. The zero-order valence-corrected chi connectivity index (χ0v) is 14.0. The number of hydrogen-bond donors (Lipinski definition) is 2. The second kappa shape index (κ2) is 6.76. The lowest BCUT2D eigenvalue weighted by atomic mass is 10.1. The maximum Gasteiger partial charge on any atom is 0.221 e. The number of hydrogen-bond acceptors (Lipinski definition) is 4. The number of anilines is 3. The summed E-state index contributed by atoms with van der Waals surface area (Å²) in [5, 5.41) is 7.55. The van der Waals surface area contributed by atoms with Gasteiger partial charge in [-0.3, -0.25) is 9.78 Å². The number of ether oxygens (including phenoxy) is 1. The van der Waals surface area contributed by atoms with Crippen molar-refractivity contribution in [3.8, 4) is 5.75 Å². The number of methoxy groups -OCH3 is 1. The molecule has 0 aliphatic rings. The first-order chi connectivity index (χ1) is 11.6. The van der Waals surface area contributed by atoms with Crippen LogP contribution in [-0.4, -0.2) is 18.0 Å². The van der Waals surface area contributed by atoms with E-state index >= 15 is 0 Å². The number of rotatable bonds is 4. The summed E-state index contributed by atoms with van der Waals surface area (Å²) in [5.41, 5.74) is 3.05. The van der Waals surface area contributed by atoms with Crippen molar-refractivity contribution >= 4 is 45.5 Å². The highest BCUT2D eigenvalue weighted by Crippen LogP contribution is 2.32. The molecule has 24 heavy (non-hydrogen) atoms. The summed E-state index contributed by atoms with van der Waals surface area (Å²) in [5.74, 6) is 0.613. The molecule has 5 nitrogen and oxygen atoms in total. The van der Waals surface area contributed by atoms with Gasteiger partial charge >= 0.3 is 0 Å². The molecule has 0 atom stereocenters. The molecule has 2 aromatic carbocycles. The summed E-state index contributed by atoms with van der Waals surface area (Å²) in [6.45, 7) is 1.46. The lowest BCUT2D eigenvalue weighted by molar-refractivity contribution is -0.114. The molecule has 0 bridgehead atoms. The second-order valence-electron chi connectivity index (χ2n) is 5.24. The number of carbonyl (C=O) groups is 1. The van der Waals surface area contributed by atoms with Crippen LogP contribution in [0.1, 0.15) is 6.92 Å². The molecule has 1 aromatic heterocycles. The van der Waals surface area contributed by atoms with Crippen molar-refractivity contribution < 1.29 is 9.53 Å². The van der Waals surface area contributed by atoms with Crippen LogP contribution in [0.5, 0.6) is 5.75 Å². The van der Waals surface area contributed by atoms with Gasteiger partial charge in [0.2, 0.25) is 5.91 Å². The van der Waals surface area contributed by atoms with Gasteiger partial charge in [-0.1, -0.05) is 11.6 Å². The topological polar surface area (TPSA) is 63.2 Å². The van der Waals surface area contributed by atoms with E-state index < -0.39 is 0 Å². The Kier molecular flexibility index (Phi) is 4.53. The lowest BCUT2D eigenvalue weighted by Gasteiger charge is -2.13. The van der Waals surface area contributed by atoms with E-state index in [-0.39, 0.29) is 5.91 Å². The minimum Gasteiger partial charge on any atom is -0.497 e. The molecule has 122 valence electrons. The second-order valence-corrected chi connectivity index (χ2v) is 5.65. The molecule has 6 heteroatoms. The number of nitrogens with zero attached hydrogens (tertiary/aromatic N) is 1. The third-order valence-corrected chi connectivity index (χ3v) is 3.84.